The molecule has 7 heteroatoms. The van der Waals surface area contributed by atoms with E-state index in [4.69, 9.17) is 19.7 Å². The summed E-state index contributed by atoms with van der Waals surface area (Å²) in [7, 11) is 0. The number of hydrogen-bond acceptors (Lipinski definition) is 7. The van der Waals surface area contributed by atoms with E-state index in [0.717, 1.165) is 0 Å². The van der Waals surface area contributed by atoms with E-state index in [-0.39, 0.29) is 5.75 Å². The van der Waals surface area contributed by atoms with Crippen molar-refractivity contribution in [3.8, 4) is 11.5 Å². The average molecular weight is 272 g/mol. The molecule has 1 heterocycles. The first-order chi connectivity index (χ1) is 9.02. The van der Waals surface area contributed by atoms with Crippen LogP contribution in [-0.4, -0.2) is 62.8 Å². The quantitative estimate of drug-likeness (QED) is 0.457. The Bertz CT molecular complexity index is 405. The topological polar surface area (TPSA) is 120 Å². The van der Waals surface area contributed by atoms with Crippen molar-refractivity contribution in [3.63, 3.8) is 0 Å². The van der Waals surface area contributed by atoms with Gasteiger partial charge in [0.15, 0.2) is 0 Å². The van der Waals surface area contributed by atoms with Gasteiger partial charge in [0.05, 0.1) is 6.61 Å². The van der Waals surface area contributed by atoms with Gasteiger partial charge in [0, 0.05) is 0 Å². The van der Waals surface area contributed by atoms with Gasteiger partial charge in [0.25, 0.3) is 0 Å². The Morgan fingerprint density at radius 1 is 1.00 bits per heavy atom. The molecule has 1 aromatic carbocycles. The molecule has 0 spiro atoms. The fourth-order valence-corrected chi connectivity index (χ4v) is 1.82. The van der Waals surface area contributed by atoms with Crippen LogP contribution < -0.4 is 4.74 Å². The van der Waals surface area contributed by atoms with Crippen molar-refractivity contribution in [1.82, 2.24) is 0 Å². The maximum Gasteiger partial charge on any atom is 0.229 e. The fourth-order valence-electron chi connectivity index (χ4n) is 1.82. The Morgan fingerprint density at radius 3 is 2.21 bits per heavy atom. The second-order valence-corrected chi connectivity index (χ2v) is 4.31. The molecule has 1 fully saturated rings. The highest BCUT2D eigenvalue weighted by molar-refractivity contribution is 5.30. The van der Waals surface area contributed by atoms with Gasteiger partial charge in [0.1, 0.15) is 35.9 Å². The molecule has 5 atom stereocenters. The molecule has 0 saturated carbocycles. The van der Waals surface area contributed by atoms with Gasteiger partial charge in [-0.1, -0.05) is 0 Å². The Hall–Kier alpha value is -1.38. The third kappa shape index (κ3) is 2.96. The summed E-state index contributed by atoms with van der Waals surface area (Å²) in [6.07, 6.45) is -6.58. The van der Waals surface area contributed by atoms with E-state index < -0.39 is 37.3 Å². The first-order valence-corrected chi connectivity index (χ1v) is 5.79. The summed E-state index contributed by atoms with van der Waals surface area (Å²) in [5.74, 6) is 0.364. The largest absolute Gasteiger partial charge is 0.508 e. The van der Waals surface area contributed by atoms with Gasteiger partial charge in [-0.2, -0.15) is 0 Å². The SMILES string of the molecule is OC[C@H]1O[C@H](Oc2ccc(O)cc2)[C@@H](O)[C@@H](O)[C@@H]1O. The van der Waals surface area contributed by atoms with E-state index in [1.165, 1.54) is 24.3 Å². The first kappa shape index (κ1) is 14.0. The van der Waals surface area contributed by atoms with Crippen molar-refractivity contribution in [1.29, 1.82) is 0 Å². The van der Waals surface area contributed by atoms with Crippen LogP contribution in [0.2, 0.25) is 0 Å². The molecule has 5 N–H and O–H groups in total. The normalized spacial score (nSPS) is 35.1. The number of ether oxygens (including phenoxy) is 2. The van der Waals surface area contributed by atoms with E-state index >= 15 is 0 Å². The molecule has 1 saturated heterocycles. The van der Waals surface area contributed by atoms with E-state index in [1.807, 2.05) is 0 Å². The molecule has 0 aliphatic carbocycles. The van der Waals surface area contributed by atoms with Gasteiger partial charge < -0.3 is 35.0 Å². The third-order valence-electron chi connectivity index (χ3n) is 2.94. The highest BCUT2D eigenvalue weighted by Gasteiger charge is 2.44. The molecule has 0 aromatic heterocycles. The van der Waals surface area contributed by atoms with E-state index in [0.29, 0.717) is 5.75 Å². The lowest BCUT2D eigenvalue weighted by Gasteiger charge is -2.39. The Balaban J connectivity index is 2.08. The molecule has 0 unspecified atom stereocenters. The molecular weight excluding hydrogens is 256 g/mol. The number of phenols is 1. The van der Waals surface area contributed by atoms with Crippen molar-refractivity contribution in [2.75, 3.05) is 6.61 Å². The Kier molecular flexibility index (Phi) is 4.23. The van der Waals surface area contributed by atoms with Crippen molar-refractivity contribution < 1.29 is 35.0 Å². The summed E-state index contributed by atoms with van der Waals surface area (Å²) in [5, 5.41) is 47.1. The predicted molar refractivity (Wildman–Crippen MR) is 62.5 cm³/mol. The average Bonchev–Trinajstić information content (AvgIpc) is 2.42. The smallest absolute Gasteiger partial charge is 0.229 e. The molecule has 2 rings (SSSR count). The van der Waals surface area contributed by atoms with Crippen LogP contribution in [-0.2, 0) is 4.74 Å². The zero-order chi connectivity index (χ0) is 14.0. The maximum atomic E-state index is 9.75. The minimum atomic E-state index is -1.48. The van der Waals surface area contributed by atoms with Crippen molar-refractivity contribution in [2.24, 2.45) is 0 Å². The molecule has 0 amide bonds. The van der Waals surface area contributed by atoms with Crippen LogP contribution in [0.4, 0.5) is 0 Å². The third-order valence-corrected chi connectivity index (χ3v) is 2.94. The molecular formula is C12H16O7. The van der Waals surface area contributed by atoms with Gasteiger partial charge in [-0.3, -0.25) is 0 Å². The van der Waals surface area contributed by atoms with Crippen LogP contribution in [0, 0.1) is 0 Å². The monoisotopic (exact) mass is 272 g/mol. The molecule has 1 aromatic rings. The number of rotatable bonds is 3. The van der Waals surface area contributed by atoms with Crippen molar-refractivity contribution in [2.45, 2.75) is 30.7 Å². The van der Waals surface area contributed by atoms with Crippen LogP contribution in [0.25, 0.3) is 0 Å². The number of phenolic OH excluding ortho intramolecular Hbond substituents is 1. The predicted octanol–water partition coefficient (Wildman–Crippen LogP) is -1.43. The van der Waals surface area contributed by atoms with Crippen LogP contribution in [0.5, 0.6) is 11.5 Å². The number of aliphatic hydroxyl groups is 4. The number of aromatic hydroxyl groups is 1. The van der Waals surface area contributed by atoms with Gasteiger partial charge in [-0.25, -0.2) is 0 Å². The van der Waals surface area contributed by atoms with Crippen molar-refractivity contribution >= 4 is 0 Å². The molecule has 19 heavy (non-hydrogen) atoms. The molecule has 106 valence electrons. The second-order valence-electron chi connectivity index (χ2n) is 4.31. The van der Waals surface area contributed by atoms with Crippen molar-refractivity contribution in [3.05, 3.63) is 24.3 Å². The van der Waals surface area contributed by atoms with Crippen LogP contribution in [0.15, 0.2) is 24.3 Å². The van der Waals surface area contributed by atoms with Crippen LogP contribution in [0.3, 0.4) is 0 Å². The highest BCUT2D eigenvalue weighted by Crippen LogP contribution is 2.25. The molecule has 0 bridgehead atoms. The standard InChI is InChI=1S/C12H16O7/c13-5-8-9(15)10(16)11(17)12(19-8)18-7-3-1-6(14)2-4-7/h1-4,8-17H,5H2/t8-,9-,10+,11+,12+/m1/s1. The van der Waals surface area contributed by atoms with Gasteiger partial charge >= 0.3 is 0 Å². The van der Waals surface area contributed by atoms with Gasteiger partial charge in [-0.05, 0) is 24.3 Å². The minimum Gasteiger partial charge on any atom is -0.508 e. The van der Waals surface area contributed by atoms with E-state index in [2.05, 4.69) is 0 Å². The molecule has 1 aliphatic heterocycles. The zero-order valence-electron chi connectivity index (χ0n) is 9.96. The molecule has 1 aliphatic rings. The number of benzene rings is 1. The summed E-state index contributed by atoms with van der Waals surface area (Å²) >= 11 is 0. The summed E-state index contributed by atoms with van der Waals surface area (Å²) in [4.78, 5) is 0. The maximum absolute atomic E-state index is 9.75. The fraction of sp³-hybridized carbons (Fsp3) is 0.500. The van der Waals surface area contributed by atoms with E-state index in [1.54, 1.807) is 0 Å². The van der Waals surface area contributed by atoms with Gasteiger partial charge in [0.2, 0.25) is 6.29 Å². The molecule has 0 radical (unpaired) electrons. The first-order valence-electron chi connectivity index (χ1n) is 5.79. The highest BCUT2D eigenvalue weighted by atomic mass is 16.7. The summed E-state index contributed by atoms with van der Waals surface area (Å²) in [5.41, 5.74) is 0. The Labute approximate surface area is 109 Å². The number of aliphatic hydroxyl groups excluding tert-OH is 4. The lowest BCUT2D eigenvalue weighted by atomic mass is 9.99. The van der Waals surface area contributed by atoms with E-state index in [9.17, 15) is 15.3 Å². The summed E-state index contributed by atoms with van der Waals surface area (Å²) in [6.45, 7) is -0.514. The Morgan fingerprint density at radius 2 is 1.63 bits per heavy atom. The lowest BCUT2D eigenvalue weighted by molar-refractivity contribution is -0.277. The molecule has 7 nitrogen and oxygen atoms in total. The second kappa shape index (κ2) is 5.72. The summed E-state index contributed by atoms with van der Waals surface area (Å²) in [6, 6.07) is 5.69. The van der Waals surface area contributed by atoms with Crippen LogP contribution >= 0.6 is 0 Å². The summed E-state index contributed by atoms with van der Waals surface area (Å²) < 4.78 is 10.5. The van der Waals surface area contributed by atoms with Crippen LogP contribution in [0.1, 0.15) is 0 Å². The lowest BCUT2D eigenvalue weighted by Crippen LogP contribution is -2.60. The number of hydrogen-bond donors (Lipinski definition) is 5. The van der Waals surface area contributed by atoms with Gasteiger partial charge in [-0.15, -0.1) is 0 Å². The minimum absolute atomic E-state index is 0.0566. The zero-order valence-corrected chi connectivity index (χ0v) is 9.96.